The number of H-pyrrole nitrogens is 1. The van der Waals surface area contributed by atoms with Crippen LogP contribution >= 0.6 is 22.6 Å². The summed E-state index contributed by atoms with van der Waals surface area (Å²) in [6.45, 7) is 0.578. The number of benzene rings is 2. The number of aromatic amines is 1. The number of aromatic hydroxyl groups is 1. The second-order valence-electron chi connectivity index (χ2n) is 7.94. The number of phenolic OH excluding ortho intramolecular Hbond substituents is 1. The number of aromatic nitrogens is 5. The number of carbonyl (C=O) groups excluding carboxylic acids is 1. The van der Waals surface area contributed by atoms with Crippen LogP contribution in [0.4, 0.5) is 5.95 Å². The maximum atomic E-state index is 12.7. The molecule has 0 saturated heterocycles. The second kappa shape index (κ2) is 11.2. The van der Waals surface area contributed by atoms with Gasteiger partial charge in [0.15, 0.2) is 0 Å². The molecule has 0 spiro atoms. The zero-order chi connectivity index (χ0) is 24.8. The Kier molecular flexibility index (Phi) is 7.80. The number of aryl methyl sites for hydroxylation is 1. The molecular weight excluding hydrogens is 565 g/mol. The number of amides is 1. The summed E-state index contributed by atoms with van der Waals surface area (Å²) in [7, 11) is 0. The number of carboxylic acid groups (broad SMARTS) is 1. The fourth-order valence-electron chi connectivity index (χ4n) is 3.66. The minimum absolute atomic E-state index is 0.0857. The standard InChI is InChI=1S/C23H24IN7O4/c24-16-10-14(7-8-20(16)32)19(11-22(34)35)27-21(33)13-31-15(12-26-30-31)4-3-9-25-23-28-17-5-1-2-6-18(17)29-23/h1-2,5-8,10,12,19,32H,3-4,9,11,13H2,(H,27,33)(H,34,35)(H2,25,28,29)/t19-/m0/s1. The monoisotopic (exact) mass is 589 g/mol. The first-order valence-electron chi connectivity index (χ1n) is 10.9. The van der Waals surface area contributed by atoms with Crippen molar-refractivity contribution >= 4 is 51.4 Å². The van der Waals surface area contributed by atoms with Gasteiger partial charge >= 0.3 is 5.97 Å². The molecule has 0 radical (unpaired) electrons. The number of aliphatic carboxylic acids is 1. The van der Waals surface area contributed by atoms with Crippen LogP contribution in [0.5, 0.6) is 5.75 Å². The van der Waals surface area contributed by atoms with Crippen molar-refractivity contribution in [3.63, 3.8) is 0 Å². The Hall–Kier alpha value is -3.68. The van der Waals surface area contributed by atoms with Crippen LogP contribution in [-0.2, 0) is 22.6 Å². The van der Waals surface area contributed by atoms with Crippen LogP contribution in [0.1, 0.15) is 30.1 Å². The summed E-state index contributed by atoms with van der Waals surface area (Å²) in [5.41, 5.74) is 3.25. The van der Waals surface area contributed by atoms with E-state index in [-0.39, 0.29) is 24.6 Å². The van der Waals surface area contributed by atoms with Gasteiger partial charge in [0.25, 0.3) is 0 Å². The fraction of sp³-hybridized carbons (Fsp3) is 0.261. The lowest BCUT2D eigenvalue weighted by Gasteiger charge is -2.18. The average Bonchev–Trinajstić information content (AvgIpc) is 3.44. The third-order valence-electron chi connectivity index (χ3n) is 5.37. The number of anilines is 1. The molecule has 0 aliphatic carbocycles. The quantitative estimate of drug-likeness (QED) is 0.132. The zero-order valence-corrected chi connectivity index (χ0v) is 20.8. The summed E-state index contributed by atoms with van der Waals surface area (Å²) in [4.78, 5) is 31.8. The highest BCUT2D eigenvalue weighted by Crippen LogP contribution is 2.25. The van der Waals surface area contributed by atoms with Crippen molar-refractivity contribution in [1.29, 1.82) is 0 Å². The van der Waals surface area contributed by atoms with E-state index in [9.17, 15) is 19.8 Å². The number of nitrogens with zero attached hydrogens (tertiary/aromatic N) is 4. The summed E-state index contributed by atoms with van der Waals surface area (Å²) in [5, 5.41) is 33.0. The number of hydrogen-bond acceptors (Lipinski definition) is 7. The van der Waals surface area contributed by atoms with Crippen LogP contribution in [0.15, 0.2) is 48.7 Å². The van der Waals surface area contributed by atoms with Crippen LogP contribution in [0.3, 0.4) is 0 Å². The summed E-state index contributed by atoms with van der Waals surface area (Å²) in [6.07, 6.45) is 2.73. The Morgan fingerprint density at radius 1 is 1.20 bits per heavy atom. The third kappa shape index (κ3) is 6.47. The van der Waals surface area contributed by atoms with Gasteiger partial charge in [0.1, 0.15) is 12.3 Å². The van der Waals surface area contributed by atoms with Gasteiger partial charge in [-0.2, -0.15) is 0 Å². The molecular formula is C23H24IN7O4. The Bertz CT molecular complexity index is 1300. The van der Waals surface area contributed by atoms with Gasteiger partial charge < -0.3 is 25.8 Å². The van der Waals surface area contributed by atoms with Crippen molar-refractivity contribution in [2.45, 2.75) is 31.8 Å². The Morgan fingerprint density at radius 2 is 2.03 bits per heavy atom. The number of halogens is 1. The van der Waals surface area contributed by atoms with Crippen LogP contribution < -0.4 is 10.6 Å². The molecule has 2 heterocycles. The van der Waals surface area contributed by atoms with E-state index >= 15 is 0 Å². The van der Waals surface area contributed by atoms with E-state index < -0.39 is 12.0 Å². The lowest BCUT2D eigenvalue weighted by atomic mass is 10.0. The number of carbonyl (C=O) groups is 2. The molecule has 2 aromatic carbocycles. The molecule has 5 N–H and O–H groups in total. The van der Waals surface area contributed by atoms with E-state index in [1.54, 1.807) is 18.3 Å². The highest BCUT2D eigenvalue weighted by molar-refractivity contribution is 14.1. The van der Waals surface area contributed by atoms with Crippen LogP contribution in [0.2, 0.25) is 0 Å². The predicted molar refractivity (Wildman–Crippen MR) is 137 cm³/mol. The normalized spacial score (nSPS) is 11.9. The molecule has 11 nitrogen and oxygen atoms in total. The van der Waals surface area contributed by atoms with Crippen LogP contribution in [0.25, 0.3) is 11.0 Å². The van der Waals surface area contributed by atoms with Gasteiger partial charge in [-0.25, -0.2) is 9.67 Å². The molecule has 2 aromatic heterocycles. The van der Waals surface area contributed by atoms with Crippen molar-refractivity contribution in [2.24, 2.45) is 0 Å². The lowest BCUT2D eigenvalue weighted by Crippen LogP contribution is -2.33. The molecule has 182 valence electrons. The van der Waals surface area contributed by atoms with Gasteiger partial charge in [-0.15, -0.1) is 5.10 Å². The SMILES string of the molecule is O=C(O)C[C@H](NC(=O)Cn1nncc1CCCNc1nc2ccccc2[nH]1)c1ccc(O)c(I)c1. The first-order chi connectivity index (χ1) is 16.9. The summed E-state index contributed by atoms with van der Waals surface area (Å²) in [5.74, 6) is -0.634. The van der Waals surface area contributed by atoms with E-state index in [1.807, 2.05) is 46.9 Å². The summed E-state index contributed by atoms with van der Waals surface area (Å²) < 4.78 is 2.08. The molecule has 1 atom stereocenters. The first-order valence-corrected chi connectivity index (χ1v) is 12.0. The van der Waals surface area contributed by atoms with E-state index in [0.717, 1.165) is 23.1 Å². The molecule has 0 aliphatic heterocycles. The minimum atomic E-state index is -1.04. The van der Waals surface area contributed by atoms with Gasteiger partial charge in [0, 0.05) is 6.54 Å². The molecule has 4 rings (SSSR count). The smallest absolute Gasteiger partial charge is 0.305 e. The topological polar surface area (TPSA) is 158 Å². The number of carboxylic acids is 1. The van der Waals surface area contributed by atoms with Crippen LogP contribution in [0, 0.1) is 3.57 Å². The predicted octanol–water partition coefficient (Wildman–Crippen LogP) is 2.84. The molecule has 0 aliphatic rings. The van der Waals surface area contributed by atoms with Crippen LogP contribution in [-0.4, -0.2) is 53.6 Å². The van der Waals surface area contributed by atoms with E-state index in [1.165, 1.54) is 10.7 Å². The van der Waals surface area contributed by atoms with Gasteiger partial charge in [-0.05, 0) is 65.3 Å². The number of imidazole rings is 1. The van der Waals surface area contributed by atoms with Crippen molar-refractivity contribution in [1.82, 2.24) is 30.3 Å². The second-order valence-corrected chi connectivity index (χ2v) is 9.11. The number of phenols is 1. The molecule has 0 unspecified atom stereocenters. The molecule has 12 heteroatoms. The highest BCUT2D eigenvalue weighted by atomic mass is 127. The third-order valence-corrected chi connectivity index (χ3v) is 6.23. The van der Waals surface area contributed by atoms with E-state index in [2.05, 4.69) is 30.9 Å². The highest BCUT2D eigenvalue weighted by Gasteiger charge is 2.20. The number of hydrogen-bond donors (Lipinski definition) is 5. The molecule has 0 fully saturated rings. The number of para-hydroxylation sites is 2. The number of fused-ring (bicyclic) bond motifs is 1. The first kappa shape index (κ1) is 24.4. The fourth-order valence-corrected chi connectivity index (χ4v) is 4.20. The van der Waals surface area contributed by atoms with Gasteiger partial charge in [0.05, 0.1) is 39.0 Å². The summed E-state index contributed by atoms with van der Waals surface area (Å²) >= 11 is 1.95. The minimum Gasteiger partial charge on any atom is -0.507 e. The Morgan fingerprint density at radius 3 is 2.80 bits per heavy atom. The largest absolute Gasteiger partial charge is 0.507 e. The molecule has 1 amide bonds. The van der Waals surface area contributed by atoms with E-state index in [4.69, 9.17) is 0 Å². The van der Waals surface area contributed by atoms with E-state index in [0.29, 0.717) is 28.0 Å². The van der Waals surface area contributed by atoms with Crippen molar-refractivity contribution < 1.29 is 19.8 Å². The van der Waals surface area contributed by atoms with Gasteiger partial charge in [-0.1, -0.05) is 23.4 Å². The van der Waals surface area contributed by atoms with Crippen molar-refractivity contribution in [2.75, 3.05) is 11.9 Å². The average molecular weight is 589 g/mol. The van der Waals surface area contributed by atoms with Crippen molar-refractivity contribution in [3.05, 3.63) is 63.5 Å². The zero-order valence-electron chi connectivity index (χ0n) is 18.6. The Labute approximate surface area is 214 Å². The lowest BCUT2D eigenvalue weighted by molar-refractivity contribution is -0.137. The maximum Gasteiger partial charge on any atom is 0.305 e. The number of rotatable bonds is 11. The molecule has 0 saturated carbocycles. The summed E-state index contributed by atoms with van der Waals surface area (Å²) in [6, 6.07) is 11.8. The number of nitrogens with one attached hydrogen (secondary N) is 3. The molecule has 0 bridgehead atoms. The maximum absolute atomic E-state index is 12.7. The van der Waals surface area contributed by atoms with Crippen molar-refractivity contribution in [3.8, 4) is 5.75 Å². The van der Waals surface area contributed by atoms with Gasteiger partial charge in [0.2, 0.25) is 11.9 Å². The molecule has 4 aromatic rings. The Balaban J connectivity index is 1.31. The molecule has 35 heavy (non-hydrogen) atoms. The van der Waals surface area contributed by atoms with Gasteiger partial charge in [-0.3, -0.25) is 9.59 Å².